The van der Waals surface area contributed by atoms with Crippen LogP contribution in [0.4, 0.5) is 0 Å². The van der Waals surface area contributed by atoms with E-state index in [2.05, 4.69) is 11.4 Å². The third-order valence-electron chi connectivity index (χ3n) is 2.03. The maximum atomic E-state index is 11.4. The first-order chi connectivity index (χ1) is 7.72. The molecule has 0 spiro atoms. The Bertz CT molecular complexity index is 301. The average molecular weight is 259 g/mol. The average Bonchev–Trinajstić information content (AvgIpc) is 2.70. The predicted octanol–water partition coefficient (Wildman–Crippen LogP) is 1.87. The zero-order valence-corrected chi connectivity index (χ0v) is 10.9. The second-order valence-electron chi connectivity index (χ2n) is 3.55. The van der Waals surface area contributed by atoms with Gasteiger partial charge in [0, 0.05) is 23.3 Å². The van der Waals surface area contributed by atoms with Crippen LogP contribution in [0.2, 0.25) is 0 Å². The summed E-state index contributed by atoms with van der Waals surface area (Å²) in [5.41, 5.74) is 0. The number of carbonyl (C=O) groups is 1. The zero-order chi connectivity index (χ0) is 11.8. The highest BCUT2D eigenvalue weighted by Crippen LogP contribution is 2.16. The van der Waals surface area contributed by atoms with E-state index < -0.39 is 0 Å². The topological polar surface area (TPSA) is 49.3 Å². The van der Waals surface area contributed by atoms with Crippen molar-refractivity contribution in [3.05, 3.63) is 22.4 Å². The molecule has 0 saturated carbocycles. The van der Waals surface area contributed by atoms with Gasteiger partial charge in [0.05, 0.1) is 5.75 Å². The van der Waals surface area contributed by atoms with Crippen LogP contribution in [-0.2, 0) is 10.5 Å². The Morgan fingerprint density at radius 3 is 3.12 bits per heavy atom. The van der Waals surface area contributed by atoms with Crippen molar-refractivity contribution >= 4 is 29.0 Å². The molecule has 0 aromatic carbocycles. The third-order valence-corrected chi connectivity index (χ3v) is 4.07. The molecule has 16 heavy (non-hydrogen) atoms. The molecule has 0 bridgehead atoms. The van der Waals surface area contributed by atoms with Crippen LogP contribution < -0.4 is 5.32 Å². The van der Waals surface area contributed by atoms with Crippen molar-refractivity contribution in [1.82, 2.24) is 5.32 Å². The summed E-state index contributed by atoms with van der Waals surface area (Å²) >= 11 is 3.33. The van der Waals surface area contributed by atoms with Crippen molar-refractivity contribution in [3.8, 4) is 0 Å². The number of thioether (sulfide) groups is 1. The number of carbonyl (C=O) groups excluding carboxylic acids is 1. The second-order valence-corrected chi connectivity index (χ2v) is 5.57. The highest BCUT2D eigenvalue weighted by Gasteiger charge is 2.06. The monoisotopic (exact) mass is 259 g/mol. The van der Waals surface area contributed by atoms with E-state index in [1.54, 1.807) is 23.1 Å². The Morgan fingerprint density at radius 2 is 2.50 bits per heavy atom. The van der Waals surface area contributed by atoms with Crippen molar-refractivity contribution < 1.29 is 9.90 Å². The molecule has 5 heteroatoms. The van der Waals surface area contributed by atoms with Gasteiger partial charge in [-0.3, -0.25) is 4.79 Å². The zero-order valence-electron chi connectivity index (χ0n) is 9.31. The molecule has 0 aliphatic rings. The van der Waals surface area contributed by atoms with Crippen molar-refractivity contribution in [2.75, 3.05) is 12.4 Å². The van der Waals surface area contributed by atoms with Crippen LogP contribution in [-0.4, -0.2) is 29.4 Å². The molecule has 1 heterocycles. The van der Waals surface area contributed by atoms with Crippen LogP contribution in [0.15, 0.2) is 17.5 Å². The Kier molecular flexibility index (Phi) is 6.52. The molecule has 0 aliphatic carbocycles. The fourth-order valence-electron chi connectivity index (χ4n) is 1.22. The highest BCUT2D eigenvalue weighted by molar-refractivity contribution is 7.99. The van der Waals surface area contributed by atoms with E-state index >= 15 is 0 Å². The van der Waals surface area contributed by atoms with Gasteiger partial charge in [0.2, 0.25) is 5.91 Å². The van der Waals surface area contributed by atoms with Gasteiger partial charge in [0.1, 0.15) is 0 Å². The lowest BCUT2D eigenvalue weighted by Gasteiger charge is -2.11. The largest absolute Gasteiger partial charge is 0.396 e. The van der Waals surface area contributed by atoms with Gasteiger partial charge in [0.15, 0.2) is 0 Å². The van der Waals surface area contributed by atoms with E-state index in [1.807, 2.05) is 18.4 Å². The van der Waals surface area contributed by atoms with Crippen molar-refractivity contribution in [1.29, 1.82) is 0 Å². The Balaban J connectivity index is 2.10. The summed E-state index contributed by atoms with van der Waals surface area (Å²) in [5, 5.41) is 13.6. The van der Waals surface area contributed by atoms with Crippen LogP contribution in [0.25, 0.3) is 0 Å². The van der Waals surface area contributed by atoms with Gasteiger partial charge in [0.25, 0.3) is 0 Å². The Morgan fingerprint density at radius 1 is 1.69 bits per heavy atom. The number of aliphatic hydroxyl groups excluding tert-OH is 1. The molecule has 1 aromatic heterocycles. The van der Waals surface area contributed by atoms with Crippen LogP contribution in [0.5, 0.6) is 0 Å². The number of hydrogen-bond acceptors (Lipinski definition) is 4. The van der Waals surface area contributed by atoms with E-state index in [0.717, 1.165) is 5.75 Å². The van der Waals surface area contributed by atoms with E-state index in [1.165, 1.54) is 4.88 Å². The van der Waals surface area contributed by atoms with Gasteiger partial charge in [-0.25, -0.2) is 0 Å². The number of aliphatic hydroxyl groups is 1. The molecule has 1 amide bonds. The van der Waals surface area contributed by atoms with Gasteiger partial charge >= 0.3 is 0 Å². The number of nitrogens with one attached hydrogen (secondary N) is 1. The first kappa shape index (κ1) is 13.5. The molecule has 1 atom stereocenters. The molecule has 0 saturated heterocycles. The summed E-state index contributed by atoms with van der Waals surface area (Å²) in [6.45, 7) is 2.02. The van der Waals surface area contributed by atoms with Crippen molar-refractivity contribution in [2.45, 2.75) is 25.1 Å². The standard InChI is InChI=1S/C11H17NO2S2/c1-9(4-5-13)12-11(14)8-15-7-10-3-2-6-16-10/h2-3,6,9,13H,4-5,7-8H2,1H3,(H,12,14). The van der Waals surface area contributed by atoms with Crippen molar-refractivity contribution in [3.63, 3.8) is 0 Å². The quantitative estimate of drug-likeness (QED) is 0.786. The minimum absolute atomic E-state index is 0.0440. The highest BCUT2D eigenvalue weighted by atomic mass is 32.2. The summed E-state index contributed by atoms with van der Waals surface area (Å²) in [6, 6.07) is 4.15. The van der Waals surface area contributed by atoms with Crippen LogP contribution in [0, 0.1) is 0 Å². The lowest BCUT2D eigenvalue weighted by Crippen LogP contribution is -2.34. The molecule has 1 rings (SSSR count). The van der Waals surface area contributed by atoms with Gasteiger partial charge in [-0.1, -0.05) is 6.07 Å². The minimum atomic E-state index is 0.0440. The molecule has 1 aromatic rings. The first-order valence-corrected chi connectivity index (χ1v) is 7.26. The Labute approximate surface area is 104 Å². The van der Waals surface area contributed by atoms with Crippen molar-refractivity contribution in [2.24, 2.45) is 0 Å². The van der Waals surface area contributed by atoms with E-state index in [4.69, 9.17) is 5.11 Å². The van der Waals surface area contributed by atoms with Crippen LogP contribution >= 0.6 is 23.1 Å². The van der Waals surface area contributed by atoms with Gasteiger partial charge < -0.3 is 10.4 Å². The second kappa shape index (κ2) is 7.70. The van der Waals surface area contributed by atoms with Gasteiger partial charge in [-0.05, 0) is 24.8 Å². The fourth-order valence-corrected chi connectivity index (χ4v) is 2.90. The van der Waals surface area contributed by atoms with Gasteiger partial charge in [-0.15, -0.1) is 23.1 Å². The van der Waals surface area contributed by atoms with Crippen LogP contribution in [0.3, 0.4) is 0 Å². The molecule has 0 radical (unpaired) electrons. The molecular weight excluding hydrogens is 242 g/mol. The number of hydrogen-bond donors (Lipinski definition) is 2. The molecule has 1 unspecified atom stereocenters. The van der Waals surface area contributed by atoms with E-state index in [-0.39, 0.29) is 18.6 Å². The Hall–Kier alpha value is -0.520. The summed E-state index contributed by atoms with van der Waals surface area (Å²) in [7, 11) is 0. The first-order valence-electron chi connectivity index (χ1n) is 5.22. The lowest BCUT2D eigenvalue weighted by molar-refractivity contribution is -0.119. The molecular formula is C11H17NO2S2. The molecule has 0 fully saturated rings. The smallest absolute Gasteiger partial charge is 0.230 e. The molecule has 2 N–H and O–H groups in total. The lowest BCUT2D eigenvalue weighted by atomic mass is 10.2. The number of rotatable bonds is 7. The summed E-state index contributed by atoms with van der Waals surface area (Å²) in [6.07, 6.45) is 0.612. The normalized spacial score (nSPS) is 12.4. The summed E-state index contributed by atoms with van der Waals surface area (Å²) in [5.74, 6) is 1.41. The van der Waals surface area contributed by atoms with Gasteiger partial charge in [-0.2, -0.15) is 0 Å². The van der Waals surface area contributed by atoms with E-state index in [0.29, 0.717) is 12.2 Å². The summed E-state index contributed by atoms with van der Waals surface area (Å²) in [4.78, 5) is 12.7. The van der Waals surface area contributed by atoms with Crippen LogP contribution in [0.1, 0.15) is 18.2 Å². The molecule has 0 aliphatic heterocycles. The minimum Gasteiger partial charge on any atom is -0.396 e. The maximum Gasteiger partial charge on any atom is 0.230 e. The number of thiophene rings is 1. The summed E-state index contributed by atoms with van der Waals surface area (Å²) < 4.78 is 0. The molecule has 3 nitrogen and oxygen atoms in total. The fraction of sp³-hybridized carbons (Fsp3) is 0.545. The SMILES string of the molecule is CC(CCO)NC(=O)CSCc1cccs1. The third kappa shape index (κ3) is 5.53. The molecule has 90 valence electrons. The predicted molar refractivity (Wildman–Crippen MR) is 69.8 cm³/mol. The maximum absolute atomic E-state index is 11.4. The van der Waals surface area contributed by atoms with E-state index in [9.17, 15) is 4.79 Å². The number of amides is 1.